The van der Waals surface area contributed by atoms with E-state index in [1.807, 2.05) is 6.92 Å². The average Bonchev–Trinajstić information content (AvgIpc) is 2.62. The van der Waals surface area contributed by atoms with Gasteiger partial charge < -0.3 is 5.11 Å². The van der Waals surface area contributed by atoms with Gasteiger partial charge in [-0.25, -0.2) is 8.42 Å². The maximum atomic E-state index is 12.9. The van der Waals surface area contributed by atoms with Crippen molar-refractivity contribution in [2.45, 2.75) is 82.5 Å². The van der Waals surface area contributed by atoms with Gasteiger partial charge in [0.25, 0.3) is 0 Å². The van der Waals surface area contributed by atoms with Crippen LogP contribution in [0.2, 0.25) is 0 Å². The van der Waals surface area contributed by atoms with Gasteiger partial charge in [-0.05, 0) is 42.9 Å². The van der Waals surface area contributed by atoms with Gasteiger partial charge in [0, 0.05) is 0 Å². The van der Waals surface area contributed by atoms with Crippen LogP contribution in [0.5, 0.6) is 0 Å². The van der Waals surface area contributed by atoms with Crippen LogP contribution in [0.25, 0.3) is 0 Å². The lowest BCUT2D eigenvalue weighted by Crippen LogP contribution is -2.43. The summed E-state index contributed by atoms with van der Waals surface area (Å²) in [6.45, 7) is 2.04. The van der Waals surface area contributed by atoms with Crippen molar-refractivity contribution in [2.24, 2.45) is 23.7 Å². The molecular formula is C18H32O3S. The summed E-state index contributed by atoms with van der Waals surface area (Å²) in [6.07, 6.45) is 10.6. The highest BCUT2D eigenvalue weighted by Crippen LogP contribution is 2.47. The molecule has 0 aromatic carbocycles. The minimum absolute atomic E-state index is 0.0532. The zero-order chi connectivity index (χ0) is 15.7. The predicted octanol–water partition coefficient (Wildman–Crippen LogP) is 3.56. The summed E-state index contributed by atoms with van der Waals surface area (Å²) >= 11 is 0. The van der Waals surface area contributed by atoms with Gasteiger partial charge in [0.05, 0.1) is 17.1 Å². The van der Waals surface area contributed by atoms with Crippen molar-refractivity contribution in [1.29, 1.82) is 0 Å². The summed E-state index contributed by atoms with van der Waals surface area (Å²) < 4.78 is 25.7. The zero-order valence-electron chi connectivity index (χ0n) is 13.9. The van der Waals surface area contributed by atoms with E-state index in [1.165, 1.54) is 32.1 Å². The number of sulfone groups is 1. The maximum Gasteiger partial charge on any atom is 0.153 e. The Bertz CT molecular complexity index is 467. The molecule has 128 valence electrons. The Labute approximate surface area is 135 Å². The molecule has 3 fully saturated rings. The molecule has 1 N–H and O–H groups in total. The zero-order valence-corrected chi connectivity index (χ0v) is 14.7. The van der Waals surface area contributed by atoms with Gasteiger partial charge in [-0.3, -0.25) is 0 Å². The molecule has 1 aliphatic heterocycles. The first kappa shape index (κ1) is 16.8. The second-order valence-electron chi connectivity index (χ2n) is 7.95. The van der Waals surface area contributed by atoms with E-state index in [2.05, 4.69) is 0 Å². The molecule has 3 aliphatic rings. The number of aliphatic hydroxyl groups excluding tert-OH is 1. The third-order valence-electron chi connectivity index (χ3n) is 6.75. The van der Waals surface area contributed by atoms with Gasteiger partial charge in [-0.1, -0.05) is 51.9 Å². The SMILES string of the molecule is CC[C@@H]1CS(=O)(=O)C2CCCCC2C(C2CCCCC2)C1O. The molecule has 1 saturated heterocycles. The van der Waals surface area contributed by atoms with Gasteiger partial charge in [0.1, 0.15) is 0 Å². The highest BCUT2D eigenvalue weighted by Gasteiger charge is 2.50. The molecule has 5 atom stereocenters. The predicted molar refractivity (Wildman–Crippen MR) is 89.4 cm³/mol. The van der Waals surface area contributed by atoms with E-state index < -0.39 is 15.9 Å². The summed E-state index contributed by atoms with van der Waals surface area (Å²) in [6, 6.07) is 0. The molecule has 2 saturated carbocycles. The van der Waals surface area contributed by atoms with Crippen LogP contribution in [0.3, 0.4) is 0 Å². The van der Waals surface area contributed by atoms with Gasteiger partial charge in [-0.2, -0.15) is 0 Å². The van der Waals surface area contributed by atoms with Crippen molar-refractivity contribution in [1.82, 2.24) is 0 Å². The molecule has 4 heteroatoms. The minimum Gasteiger partial charge on any atom is -0.392 e. The van der Waals surface area contributed by atoms with Crippen molar-refractivity contribution >= 4 is 9.84 Å². The lowest BCUT2D eigenvalue weighted by Gasteiger charge is -2.42. The van der Waals surface area contributed by atoms with E-state index >= 15 is 0 Å². The maximum absolute atomic E-state index is 12.9. The average molecular weight is 329 g/mol. The molecule has 0 aromatic heterocycles. The second-order valence-corrected chi connectivity index (χ2v) is 10.2. The third kappa shape index (κ3) is 3.10. The molecule has 0 bridgehead atoms. The number of hydrogen-bond donors (Lipinski definition) is 1. The summed E-state index contributed by atoms with van der Waals surface area (Å²) in [5, 5.41) is 10.9. The molecule has 1 heterocycles. The van der Waals surface area contributed by atoms with Crippen molar-refractivity contribution < 1.29 is 13.5 Å². The summed E-state index contributed by atoms with van der Waals surface area (Å²) in [5.41, 5.74) is 0. The number of hydrogen-bond acceptors (Lipinski definition) is 3. The van der Waals surface area contributed by atoms with E-state index in [-0.39, 0.29) is 28.8 Å². The molecule has 0 radical (unpaired) electrons. The van der Waals surface area contributed by atoms with Crippen LogP contribution in [-0.4, -0.2) is 30.6 Å². The highest BCUT2D eigenvalue weighted by atomic mass is 32.2. The minimum atomic E-state index is -3.05. The second kappa shape index (κ2) is 6.80. The third-order valence-corrected chi connectivity index (χ3v) is 9.15. The Balaban J connectivity index is 1.95. The van der Waals surface area contributed by atoms with Crippen LogP contribution in [0, 0.1) is 23.7 Å². The Morgan fingerprint density at radius 2 is 1.59 bits per heavy atom. The number of fused-ring (bicyclic) bond motifs is 1. The monoisotopic (exact) mass is 328 g/mol. The summed E-state index contributed by atoms with van der Waals surface area (Å²) in [7, 11) is -3.05. The van der Waals surface area contributed by atoms with E-state index in [4.69, 9.17) is 0 Å². The Hall–Kier alpha value is -0.0900. The molecule has 2 aliphatic carbocycles. The lowest BCUT2D eigenvalue weighted by atomic mass is 9.65. The van der Waals surface area contributed by atoms with Gasteiger partial charge in [0.2, 0.25) is 0 Å². The molecule has 0 spiro atoms. The van der Waals surface area contributed by atoms with E-state index in [0.29, 0.717) is 5.92 Å². The van der Waals surface area contributed by atoms with Crippen LogP contribution in [0.4, 0.5) is 0 Å². The quantitative estimate of drug-likeness (QED) is 0.843. The number of aliphatic hydroxyl groups is 1. The van der Waals surface area contributed by atoms with Crippen LogP contribution < -0.4 is 0 Å². The molecular weight excluding hydrogens is 296 g/mol. The van der Waals surface area contributed by atoms with Crippen molar-refractivity contribution in [3.8, 4) is 0 Å². The van der Waals surface area contributed by atoms with E-state index in [9.17, 15) is 13.5 Å². The Morgan fingerprint density at radius 1 is 0.955 bits per heavy atom. The van der Waals surface area contributed by atoms with Crippen molar-refractivity contribution in [2.75, 3.05) is 5.75 Å². The molecule has 3 nitrogen and oxygen atoms in total. The van der Waals surface area contributed by atoms with Crippen LogP contribution in [0.15, 0.2) is 0 Å². The molecule has 3 rings (SSSR count). The molecule has 22 heavy (non-hydrogen) atoms. The smallest absolute Gasteiger partial charge is 0.153 e. The Morgan fingerprint density at radius 3 is 2.27 bits per heavy atom. The fourth-order valence-corrected chi connectivity index (χ4v) is 8.26. The molecule has 4 unspecified atom stereocenters. The topological polar surface area (TPSA) is 54.4 Å². The van der Waals surface area contributed by atoms with E-state index in [0.717, 1.165) is 32.1 Å². The largest absolute Gasteiger partial charge is 0.392 e. The number of rotatable bonds is 2. The first-order valence-corrected chi connectivity index (χ1v) is 11.2. The van der Waals surface area contributed by atoms with Crippen LogP contribution in [0.1, 0.15) is 71.1 Å². The van der Waals surface area contributed by atoms with Crippen LogP contribution >= 0.6 is 0 Å². The first-order valence-electron chi connectivity index (χ1n) is 9.44. The van der Waals surface area contributed by atoms with Gasteiger partial charge in [-0.15, -0.1) is 0 Å². The van der Waals surface area contributed by atoms with Gasteiger partial charge in [0.15, 0.2) is 9.84 Å². The molecule has 0 aromatic rings. The highest BCUT2D eigenvalue weighted by molar-refractivity contribution is 7.92. The normalized spacial score (nSPS) is 43.3. The van der Waals surface area contributed by atoms with Crippen molar-refractivity contribution in [3.05, 3.63) is 0 Å². The summed E-state index contributed by atoms with van der Waals surface area (Å²) in [4.78, 5) is 0. The fourth-order valence-electron chi connectivity index (χ4n) is 5.61. The van der Waals surface area contributed by atoms with Crippen LogP contribution in [-0.2, 0) is 9.84 Å². The van der Waals surface area contributed by atoms with E-state index in [1.54, 1.807) is 0 Å². The lowest BCUT2D eigenvalue weighted by molar-refractivity contribution is -0.0153. The van der Waals surface area contributed by atoms with Gasteiger partial charge >= 0.3 is 0 Å². The summed E-state index contributed by atoms with van der Waals surface area (Å²) in [5.74, 6) is 1.16. The first-order chi connectivity index (χ1) is 10.5. The standard InChI is InChI=1S/C18H32O3S/c1-2-13-12-22(20,21)16-11-7-6-10-15(16)17(18(13)19)14-8-4-3-5-9-14/h13-19H,2-12H2,1H3/t13-,15?,16?,17?,18?/m1/s1. The fraction of sp³-hybridized carbons (Fsp3) is 1.00. The van der Waals surface area contributed by atoms with Crippen molar-refractivity contribution in [3.63, 3.8) is 0 Å². The molecule has 0 amide bonds. The Kier molecular flexibility index (Phi) is 5.18.